The first-order valence-corrected chi connectivity index (χ1v) is 5.65. The Bertz CT molecular complexity index is 387. The number of rotatable bonds is 9. The Hall–Kier alpha value is -2.00. The minimum atomic E-state index is -0.524. The van der Waals surface area contributed by atoms with Crippen molar-refractivity contribution < 1.29 is 14.4 Å². The number of methoxy groups -OCH3 is 2. The van der Waals surface area contributed by atoms with Crippen LogP contribution in [0.15, 0.2) is 6.33 Å². The van der Waals surface area contributed by atoms with Crippen molar-refractivity contribution in [3.05, 3.63) is 16.4 Å². The second-order valence-corrected chi connectivity index (χ2v) is 3.52. The molecule has 1 heterocycles. The van der Waals surface area contributed by atoms with Crippen molar-refractivity contribution in [2.45, 2.75) is 0 Å². The number of hydrogen-bond acceptors (Lipinski definition) is 8. The highest BCUT2D eigenvalue weighted by Gasteiger charge is 2.22. The zero-order chi connectivity index (χ0) is 14.1. The minimum absolute atomic E-state index is 0.164. The second-order valence-electron chi connectivity index (χ2n) is 3.52. The molecule has 0 aliphatic carbocycles. The molecule has 0 bridgehead atoms. The van der Waals surface area contributed by atoms with Crippen molar-refractivity contribution in [1.82, 2.24) is 9.97 Å². The zero-order valence-corrected chi connectivity index (χ0v) is 10.9. The highest BCUT2D eigenvalue weighted by molar-refractivity contribution is 5.69. The van der Waals surface area contributed by atoms with Crippen molar-refractivity contribution in [2.24, 2.45) is 0 Å². The molecule has 9 heteroatoms. The molecule has 1 rings (SSSR count). The molecule has 0 aliphatic heterocycles. The summed E-state index contributed by atoms with van der Waals surface area (Å²) < 4.78 is 9.73. The highest BCUT2D eigenvalue weighted by atomic mass is 16.6. The van der Waals surface area contributed by atoms with Crippen LogP contribution in [0.4, 0.5) is 17.3 Å². The molecule has 0 spiro atoms. The van der Waals surface area contributed by atoms with Crippen molar-refractivity contribution >= 4 is 17.3 Å². The molecule has 0 unspecified atom stereocenters. The third-order valence-electron chi connectivity index (χ3n) is 2.20. The van der Waals surface area contributed by atoms with Gasteiger partial charge in [-0.15, -0.1) is 0 Å². The Morgan fingerprint density at radius 2 is 1.63 bits per heavy atom. The van der Waals surface area contributed by atoms with Crippen LogP contribution >= 0.6 is 0 Å². The molecule has 0 saturated carbocycles. The van der Waals surface area contributed by atoms with E-state index >= 15 is 0 Å². The topological polar surface area (TPSA) is 111 Å². The van der Waals surface area contributed by atoms with E-state index in [4.69, 9.17) is 9.47 Å². The molecule has 0 radical (unpaired) electrons. The molecule has 0 atom stereocenters. The Balaban J connectivity index is 2.84. The fraction of sp³-hybridized carbons (Fsp3) is 0.600. The second kappa shape index (κ2) is 8.16. The van der Waals surface area contributed by atoms with Gasteiger partial charge >= 0.3 is 5.69 Å². The summed E-state index contributed by atoms with van der Waals surface area (Å²) in [6.07, 6.45) is 1.26. The lowest BCUT2D eigenvalue weighted by atomic mass is 10.4. The third-order valence-corrected chi connectivity index (χ3v) is 2.20. The first kappa shape index (κ1) is 15.1. The van der Waals surface area contributed by atoms with E-state index in [0.29, 0.717) is 26.3 Å². The molecule has 0 saturated heterocycles. The van der Waals surface area contributed by atoms with E-state index in [-0.39, 0.29) is 17.3 Å². The van der Waals surface area contributed by atoms with E-state index < -0.39 is 4.92 Å². The number of nitrogens with zero attached hydrogens (tertiary/aromatic N) is 3. The first-order valence-electron chi connectivity index (χ1n) is 5.65. The van der Waals surface area contributed by atoms with Crippen molar-refractivity contribution in [3.63, 3.8) is 0 Å². The predicted octanol–water partition coefficient (Wildman–Crippen LogP) is 0.501. The Morgan fingerprint density at radius 1 is 1.16 bits per heavy atom. The normalized spacial score (nSPS) is 10.2. The highest BCUT2D eigenvalue weighted by Crippen LogP contribution is 2.28. The van der Waals surface area contributed by atoms with E-state index in [1.54, 1.807) is 14.2 Å². The number of aromatic nitrogens is 2. The fourth-order valence-corrected chi connectivity index (χ4v) is 1.35. The summed E-state index contributed by atoms with van der Waals surface area (Å²) in [4.78, 5) is 18.3. The van der Waals surface area contributed by atoms with E-state index in [2.05, 4.69) is 20.6 Å². The predicted molar refractivity (Wildman–Crippen MR) is 69.4 cm³/mol. The molecule has 106 valence electrons. The molecular formula is C10H17N5O4. The smallest absolute Gasteiger partial charge is 0.353 e. The van der Waals surface area contributed by atoms with Gasteiger partial charge in [0.2, 0.25) is 11.6 Å². The number of hydrogen-bond donors (Lipinski definition) is 2. The molecule has 0 amide bonds. The Morgan fingerprint density at radius 3 is 2.00 bits per heavy atom. The van der Waals surface area contributed by atoms with Crippen molar-refractivity contribution in [3.8, 4) is 0 Å². The lowest BCUT2D eigenvalue weighted by molar-refractivity contribution is -0.383. The molecule has 1 aromatic rings. The summed E-state index contributed by atoms with van der Waals surface area (Å²) in [5.41, 5.74) is -0.185. The van der Waals surface area contributed by atoms with Gasteiger partial charge in [-0.05, 0) is 0 Å². The number of ether oxygens (including phenoxy) is 2. The van der Waals surface area contributed by atoms with E-state index in [9.17, 15) is 10.1 Å². The van der Waals surface area contributed by atoms with Crippen LogP contribution in [0, 0.1) is 10.1 Å². The van der Waals surface area contributed by atoms with Gasteiger partial charge in [0.25, 0.3) is 0 Å². The number of anilines is 2. The zero-order valence-electron chi connectivity index (χ0n) is 10.9. The average molecular weight is 271 g/mol. The monoisotopic (exact) mass is 271 g/mol. The minimum Gasteiger partial charge on any atom is -0.383 e. The van der Waals surface area contributed by atoms with Gasteiger partial charge in [-0.25, -0.2) is 9.97 Å². The maximum absolute atomic E-state index is 11.1. The summed E-state index contributed by atoms with van der Waals surface area (Å²) >= 11 is 0. The van der Waals surface area contributed by atoms with Crippen LogP contribution in [-0.2, 0) is 9.47 Å². The van der Waals surface area contributed by atoms with Gasteiger partial charge in [0.1, 0.15) is 6.33 Å². The molecule has 0 aromatic carbocycles. The van der Waals surface area contributed by atoms with Gasteiger partial charge in [-0.3, -0.25) is 10.1 Å². The van der Waals surface area contributed by atoms with Gasteiger partial charge in [-0.1, -0.05) is 0 Å². The van der Waals surface area contributed by atoms with Gasteiger partial charge in [0.05, 0.1) is 18.1 Å². The van der Waals surface area contributed by atoms with Gasteiger partial charge in [0, 0.05) is 27.3 Å². The standard InChI is InChI=1S/C10H17N5O4/c1-18-5-3-11-9-8(15(16)17)10(14-7-13-9)12-4-6-19-2/h7H,3-6H2,1-2H3,(H2,11,12,13,14). The SMILES string of the molecule is COCCNc1ncnc(NCCOC)c1[N+](=O)[O-]. The van der Waals surface area contributed by atoms with Crippen LogP contribution in [0.25, 0.3) is 0 Å². The lowest BCUT2D eigenvalue weighted by Gasteiger charge is -2.09. The largest absolute Gasteiger partial charge is 0.383 e. The molecule has 0 fully saturated rings. The Labute approximate surface area is 110 Å². The van der Waals surface area contributed by atoms with Crippen molar-refractivity contribution in [1.29, 1.82) is 0 Å². The van der Waals surface area contributed by atoms with Gasteiger partial charge in [0.15, 0.2) is 0 Å². The first-order chi connectivity index (χ1) is 9.20. The molecule has 0 aliphatic rings. The summed E-state index contributed by atoms with van der Waals surface area (Å²) in [7, 11) is 3.10. The number of nitro groups is 1. The molecule has 1 aromatic heterocycles. The maximum Gasteiger partial charge on any atom is 0.353 e. The average Bonchev–Trinajstić information content (AvgIpc) is 2.39. The molecule has 19 heavy (non-hydrogen) atoms. The van der Waals surface area contributed by atoms with Crippen LogP contribution in [0.1, 0.15) is 0 Å². The molecular weight excluding hydrogens is 254 g/mol. The van der Waals surface area contributed by atoms with Crippen molar-refractivity contribution in [2.75, 3.05) is 51.2 Å². The summed E-state index contributed by atoms with van der Waals surface area (Å²) in [6, 6.07) is 0. The van der Waals surface area contributed by atoms with E-state index in [1.807, 2.05) is 0 Å². The van der Waals surface area contributed by atoms with E-state index in [0.717, 1.165) is 0 Å². The van der Waals surface area contributed by atoms with Crippen LogP contribution in [0.3, 0.4) is 0 Å². The quantitative estimate of drug-likeness (QED) is 0.379. The van der Waals surface area contributed by atoms with E-state index in [1.165, 1.54) is 6.33 Å². The Kier molecular flexibility index (Phi) is 6.47. The van der Waals surface area contributed by atoms with Gasteiger partial charge < -0.3 is 20.1 Å². The summed E-state index contributed by atoms with van der Waals surface area (Å²) in [6.45, 7) is 1.69. The third kappa shape index (κ3) is 4.64. The van der Waals surface area contributed by atoms with Gasteiger partial charge in [-0.2, -0.15) is 0 Å². The van der Waals surface area contributed by atoms with Crippen LogP contribution in [0.5, 0.6) is 0 Å². The van der Waals surface area contributed by atoms with Crippen LogP contribution in [-0.4, -0.2) is 55.4 Å². The molecule has 2 N–H and O–H groups in total. The number of nitrogens with one attached hydrogen (secondary N) is 2. The fourth-order valence-electron chi connectivity index (χ4n) is 1.35. The lowest BCUT2D eigenvalue weighted by Crippen LogP contribution is -2.14. The summed E-state index contributed by atoms with van der Waals surface area (Å²) in [5.74, 6) is 0.328. The maximum atomic E-state index is 11.1. The summed E-state index contributed by atoms with van der Waals surface area (Å²) in [5, 5.41) is 16.8. The molecule has 9 nitrogen and oxygen atoms in total. The van der Waals surface area contributed by atoms with Crippen LogP contribution < -0.4 is 10.6 Å². The van der Waals surface area contributed by atoms with Crippen LogP contribution in [0.2, 0.25) is 0 Å².